The highest BCUT2D eigenvalue weighted by atomic mass is 32.1. The lowest BCUT2D eigenvalue weighted by atomic mass is 9.95. The van der Waals surface area contributed by atoms with Crippen molar-refractivity contribution in [1.29, 1.82) is 0 Å². The Bertz CT molecular complexity index is 954. The van der Waals surface area contributed by atoms with Crippen molar-refractivity contribution in [2.75, 3.05) is 4.90 Å². The van der Waals surface area contributed by atoms with Gasteiger partial charge in [0.2, 0.25) is 0 Å². The number of aryl methyl sites for hydroxylation is 2. The highest BCUT2D eigenvalue weighted by Gasteiger charge is 2.27. The molecule has 0 aromatic carbocycles. The van der Waals surface area contributed by atoms with Crippen LogP contribution >= 0.6 is 11.3 Å². The fourth-order valence-corrected chi connectivity index (χ4v) is 4.49. The van der Waals surface area contributed by atoms with Gasteiger partial charge in [-0.25, -0.2) is 19.9 Å². The van der Waals surface area contributed by atoms with Gasteiger partial charge in [-0.2, -0.15) is 0 Å². The molecular weight excluding hydrogens is 330 g/mol. The zero-order chi connectivity index (χ0) is 17.8. The first-order chi connectivity index (χ1) is 11.9. The normalized spacial score (nSPS) is 14.4. The quantitative estimate of drug-likeness (QED) is 0.692. The van der Waals surface area contributed by atoms with E-state index in [2.05, 4.69) is 54.5 Å². The first-order valence-electron chi connectivity index (χ1n) is 8.71. The van der Waals surface area contributed by atoms with Crippen molar-refractivity contribution in [3.05, 3.63) is 40.0 Å². The molecule has 6 heteroatoms. The molecule has 0 saturated carbocycles. The molecule has 4 heterocycles. The average molecular weight is 353 g/mol. The van der Waals surface area contributed by atoms with Gasteiger partial charge in [-0.3, -0.25) is 0 Å². The summed E-state index contributed by atoms with van der Waals surface area (Å²) in [4.78, 5) is 23.3. The number of fused-ring (bicyclic) bond motifs is 2. The van der Waals surface area contributed by atoms with Gasteiger partial charge in [0.1, 0.15) is 22.8 Å². The average Bonchev–Trinajstić information content (AvgIpc) is 3.12. The van der Waals surface area contributed by atoms with Crippen LogP contribution in [0.25, 0.3) is 10.2 Å². The topological polar surface area (TPSA) is 54.8 Å². The Hall–Kier alpha value is -2.08. The summed E-state index contributed by atoms with van der Waals surface area (Å²) in [7, 11) is 0. The minimum absolute atomic E-state index is 0.0372. The standard InChI is InChI=1S/C19H23N5S/c1-6-13-11(2)25-17-15(13)16(21-10-22-17)24-8-12-7-20-18(19(3,4)5)23-14(12)9-24/h7,10H,6,8-9H2,1-5H3. The SMILES string of the molecule is CCc1c(C)sc2ncnc(N3Cc4cnc(C(C)(C)C)nc4C3)c12. The number of nitrogens with zero attached hydrogens (tertiary/aromatic N) is 5. The number of hydrogen-bond acceptors (Lipinski definition) is 6. The van der Waals surface area contributed by atoms with E-state index in [4.69, 9.17) is 4.98 Å². The molecule has 5 nitrogen and oxygen atoms in total. The number of rotatable bonds is 2. The smallest absolute Gasteiger partial charge is 0.141 e. The lowest BCUT2D eigenvalue weighted by Crippen LogP contribution is -2.18. The van der Waals surface area contributed by atoms with Crippen LogP contribution in [0.4, 0.5) is 5.82 Å². The number of aromatic nitrogens is 4. The van der Waals surface area contributed by atoms with Crippen LogP contribution in [0.1, 0.15) is 55.2 Å². The fourth-order valence-electron chi connectivity index (χ4n) is 3.41. The highest BCUT2D eigenvalue weighted by molar-refractivity contribution is 7.18. The second kappa shape index (κ2) is 5.73. The van der Waals surface area contributed by atoms with E-state index in [0.29, 0.717) is 0 Å². The van der Waals surface area contributed by atoms with Crippen LogP contribution in [0, 0.1) is 6.92 Å². The van der Waals surface area contributed by atoms with Crippen LogP contribution in [-0.4, -0.2) is 19.9 Å². The van der Waals surface area contributed by atoms with E-state index in [1.165, 1.54) is 21.4 Å². The summed E-state index contributed by atoms with van der Waals surface area (Å²) in [6.45, 7) is 12.4. The van der Waals surface area contributed by atoms with Crippen molar-refractivity contribution in [3.8, 4) is 0 Å². The maximum absolute atomic E-state index is 4.83. The summed E-state index contributed by atoms with van der Waals surface area (Å²) in [5.74, 6) is 1.93. The molecule has 25 heavy (non-hydrogen) atoms. The van der Waals surface area contributed by atoms with Crippen molar-refractivity contribution < 1.29 is 0 Å². The molecule has 0 saturated heterocycles. The van der Waals surface area contributed by atoms with E-state index >= 15 is 0 Å². The molecule has 4 rings (SSSR count). The van der Waals surface area contributed by atoms with Crippen LogP contribution in [-0.2, 0) is 24.9 Å². The summed E-state index contributed by atoms with van der Waals surface area (Å²) in [5, 5.41) is 1.21. The molecule has 0 bridgehead atoms. The molecule has 130 valence electrons. The summed E-state index contributed by atoms with van der Waals surface area (Å²) < 4.78 is 0. The molecule has 3 aromatic rings. The second-order valence-corrected chi connectivity index (χ2v) is 8.84. The van der Waals surface area contributed by atoms with E-state index in [-0.39, 0.29) is 5.41 Å². The van der Waals surface area contributed by atoms with Crippen molar-refractivity contribution in [1.82, 2.24) is 19.9 Å². The highest BCUT2D eigenvalue weighted by Crippen LogP contribution is 2.37. The van der Waals surface area contributed by atoms with E-state index in [0.717, 1.165) is 41.7 Å². The third-order valence-corrected chi connectivity index (χ3v) is 5.80. The molecule has 3 aromatic heterocycles. The Morgan fingerprint density at radius 2 is 1.96 bits per heavy atom. The number of thiophene rings is 1. The summed E-state index contributed by atoms with van der Waals surface area (Å²) in [6.07, 6.45) is 4.67. The van der Waals surface area contributed by atoms with Crippen molar-refractivity contribution in [2.45, 2.75) is 59.5 Å². The fraction of sp³-hybridized carbons (Fsp3) is 0.474. The third kappa shape index (κ3) is 2.68. The van der Waals surface area contributed by atoms with Gasteiger partial charge < -0.3 is 4.90 Å². The summed E-state index contributed by atoms with van der Waals surface area (Å²) in [6, 6.07) is 0. The number of anilines is 1. The monoisotopic (exact) mass is 353 g/mol. The number of hydrogen-bond donors (Lipinski definition) is 0. The van der Waals surface area contributed by atoms with Crippen molar-refractivity contribution in [2.24, 2.45) is 0 Å². The predicted molar refractivity (Wildman–Crippen MR) is 102 cm³/mol. The summed E-state index contributed by atoms with van der Waals surface area (Å²) in [5.41, 5.74) is 3.65. The van der Waals surface area contributed by atoms with E-state index in [1.807, 2.05) is 6.20 Å². The Balaban J connectivity index is 1.76. The first-order valence-corrected chi connectivity index (χ1v) is 9.53. The van der Waals surface area contributed by atoms with Gasteiger partial charge in [-0.15, -0.1) is 11.3 Å². The van der Waals surface area contributed by atoms with Gasteiger partial charge >= 0.3 is 0 Å². The minimum atomic E-state index is -0.0372. The van der Waals surface area contributed by atoms with Gasteiger partial charge in [-0.05, 0) is 18.9 Å². The molecule has 0 N–H and O–H groups in total. The van der Waals surface area contributed by atoms with Gasteiger partial charge in [0.05, 0.1) is 17.6 Å². The maximum Gasteiger partial charge on any atom is 0.141 e. The van der Waals surface area contributed by atoms with Crippen LogP contribution < -0.4 is 4.90 Å². The Kier molecular flexibility index (Phi) is 3.76. The van der Waals surface area contributed by atoms with E-state index in [1.54, 1.807) is 17.7 Å². The predicted octanol–water partition coefficient (Wildman–Crippen LogP) is 4.17. The molecule has 1 aliphatic heterocycles. The van der Waals surface area contributed by atoms with Gasteiger partial charge in [0.25, 0.3) is 0 Å². The summed E-state index contributed by atoms with van der Waals surface area (Å²) >= 11 is 1.76. The molecule has 0 radical (unpaired) electrons. The zero-order valence-electron chi connectivity index (χ0n) is 15.4. The van der Waals surface area contributed by atoms with Gasteiger partial charge in [-0.1, -0.05) is 27.7 Å². The van der Waals surface area contributed by atoms with Crippen LogP contribution in [0.15, 0.2) is 12.5 Å². The largest absolute Gasteiger partial charge is 0.346 e. The molecule has 0 fully saturated rings. The Morgan fingerprint density at radius 3 is 2.68 bits per heavy atom. The lowest BCUT2D eigenvalue weighted by molar-refractivity contribution is 0.541. The first kappa shape index (κ1) is 16.4. The zero-order valence-corrected chi connectivity index (χ0v) is 16.2. The molecule has 0 amide bonds. The van der Waals surface area contributed by atoms with Crippen LogP contribution in [0.2, 0.25) is 0 Å². The Labute approximate surface area is 152 Å². The second-order valence-electron chi connectivity index (χ2n) is 7.64. The van der Waals surface area contributed by atoms with Gasteiger partial charge in [0, 0.05) is 28.6 Å². The maximum atomic E-state index is 4.83. The Morgan fingerprint density at radius 1 is 1.16 bits per heavy atom. The third-order valence-electron chi connectivity index (χ3n) is 4.75. The minimum Gasteiger partial charge on any atom is -0.346 e. The molecular formula is C19H23N5S. The molecule has 0 aliphatic carbocycles. The van der Waals surface area contributed by atoms with Gasteiger partial charge in [0.15, 0.2) is 0 Å². The van der Waals surface area contributed by atoms with E-state index in [9.17, 15) is 0 Å². The molecule has 1 aliphatic rings. The van der Waals surface area contributed by atoms with Crippen LogP contribution in [0.5, 0.6) is 0 Å². The van der Waals surface area contributed by atoms with Crippen LogP contribution in [0.3, 0.4) is 0 Å². The van der Waals surface area contributed by atoms with Crippen molar-refractivity contribution in [3.63, 3.8) is 0 Å². The van der Waals surface area contributed by atoms with E-state index < -0.39 is 0 Å². The molecule has 0 spiro atoms. The molecule has 0 unspecified atom stereocenters. The van der Waals surface area contributed by atoms with Crippen molar-refractivity contribution >= 4 is 27.4 Å². The lowest BCUT2D eigenvalue weighted by Gasteiger charge is -2.18. The molecule has 0 atom stereocenters.